The van der Waals surface area contributed by atoms with Gasteiger partial charge in [0, 0.05) is 12.6 Å². The average Bonchev–Trinajstić information content (AvgIpc) is 3.18. The Kier molecular flexibility index (Phi) is 6.66. The zero-order valence-electron chi connectivity index (χ0n) is 14.7. The number of pyridine rings is 1. The predicted molar refractivity (Wildman–Crippen MR) is 97.6 cm³/mol. The molecule has 0 saturated carbocycles. The summed E-state index contributed by atoms with van der Waals surface area (Å²) in [5.74, 6) is 0.797. The molecule has 9 heteroatoms. The van der Waals surface area contributed by atoms with Gasteiger partial charge < -0.3 is 10.5 Å². The smallest absolute Gasteiger partial charge is 0.281 e. The number of nitrogens with zero attached hydrogens (tertiary/aromatic N) is 4. The zero-order valence-corrected chi connectivity index (χ0v) is 15.5. The predicted octanol–water partition coefficient (Wildman–Crippen LogP) is 3.14. The molecule has 2 aromatic heterocycles. The Morgan fingerprint density at radius 2 is 2.15 bits per heavy atom. The van der Waals surface area contributed by atoms with Crippen molar-refractivity contribution in [1.29, 1.82) is 5.26 Å². The largest absolute Gasteiger partial charge is 0.477 e. The Hall–Kier alpha value is -2.15. The number of nitriles is 1. The lowest BCUT2D eigenvalue weighted by molar-refractivity contribution is 0.104. The van der Waals surface area contributed by atoms with E-state index in [1.165, 1.54) is 16.8 Å². The van der Waals surface area contributed by atoms with Crippen LogP contribution in [0.25, 0.3) is 0 Å². The van der Waals surface area contributed by atoms with Crippen molar-refractivity contribution in [3.05, 3.63) is 40.0 Å². The molecule has 0 aromatic carbocycles. The van der Waals surface area contributed by atoms with Crippen LogP contribution in [-0.2, 0) is 0 Å². The van der Waals surface area contributed by atoms with Gasteiger partial charge in [-0.15, -0.1) is 11.3 Å². The monoisotopic (exact) mass is 393 g/mol. The summed E-state index contributed by atoms with van der Waals surface area (Å²) in [6.07, 6.45) is -0.808. The normalized spacial score (nSPS) is 17.0. The molecule has 27 heavy (non-hydrogen) atoms. The summed E-state index contributed by atoms with van der Waals surface area (Å²) < 4.78 is 32.0. The zero-order chi connectivity index (χ0) is 19.2. The summed E-state index contributed by atoms with van der Waals surface area (Å²) in [6, 6.07) is 6.87. The van der Waals surface area contributed by atoms with E-state index in [4.69, 9.17) is 15.7 Å². The van der Waals surface area contributed by atoms with Gasteiger partial charge in [-0.2, -0.15) is 5.26 Å². The van der Waals surface area contributed by atoms with Gasteiger partial charge in [-0.25, -0.2) is 18.7 Å². The van der Waals surface area contributed by atoms with Crippen molar-refractivity contribution in [1.82, 2.24) is 14.9 Å². The number of thiazole rings is 1. The van der Waals surface area contributed by atoms with Crippen LogP contribution in [0.5, 0.6) is 5.88 Å². The number of ether oxygens (including phenoxy) is 1. The maximum atomic E-state index is 13.1. The summed E-state index contributed by atoms with van der Waals surface area (Å²) in [4.78, 5) is 10.6. The van der Waals surface area contributed by atoms with Crippen molar-refractivity contribution < 1.29 is 13.5 Å². The Morgan fingerprint density at radius 3 is 2.81 bits per heavy atom. The summed E-state index contributed by atoms with van der Waals surface area (Å²) >= 11 is 1.24. The molecule has 0 aliphatic carbocycles. The number of piperidine rings is 1. The Labute approximate surface area is 160 Å². The molecule has 2 N–H and O–H groups in total. The third kappa shape index (κ3) is 4.77. The molecule has 3 heterocycles. The number of likely N-dealkylation sites (tertiary alicyclic amines) is 1. The van der Waals surface area contributed by atoms with Gasteiger partial charge in [-0.05, 0) is 37.9 Å². The van der Waals surface area contributed by atoms with E-state index >= 15 is 0 Å². The van der Waals surface area contributed by atoms with E-state index in [0.717, 1.165) is 25.9 Å². The molecule has 1 unspecified atom stereocenters. The minimum Gasteiger partial charge on any atom is -0.477 e. The summed E-state index contributed by atoms with van der Waals surface area (Å²) in [6.45, 7) is 2.34. The third-order valence-electron chi connectivity index (χ3n) is 4.75. The van der Waals surface area contributed by atoms with E-state index in [1.54, 1.807) is 18.2 Å². The van der Waals surface area contributed by atoms with Gasteiger partial charge in [0.2, 0.25) is 5.88 Å². The van der Waals surface area contributed by atoms with Crippen molar-refractivity contribution in [3.63, 3.8) is 0 Å². The van der Waals surface area contributed by atoms with E-state index in [2.05, 4.69) is 14.9 Å². The number of nitrogens with two attached hydrogens (primary N) is 1. The SMILES string of the molecule is N#Cc1cccc(OCC2CCN(C(CN)c3scnc3C(F)F)CC2)n1. The van der Waals surface area contributed by atoms with E-state index in [1.807, 2.05) is 6.07 Å². The molecule has 0 amide bonds. The molecule has 1 aliphatic rings. The van der Waals surface area contributed by atoms with E-state index < -0.39 is 6.43 Å². The summed E-state index contributed by atoms with van der Waals surface area (Å²) in [5.41, 5.74) is 7.53. The molecule has 1 atom stereocenters. The van der Waals surface area contributed by atoms with Crippen molar-refractivity contribution >= 4 is 11.3 Å². The molecular weight excluding hydrogens is 372 g/mol. The highest BCUT2D eigenvalue weighted by Gasteiger charge is 2.30. The van der Waals surface area contributed by atoms with Crippen LogP contribution in [0, 0.1) is 17.2 Å². The maximum absolute atomic E-state index is 13.1. The molecule has 6 nitrogen and oxygen atoms in total. The maximum Gasteiger partial charge on any atom is 0.281 e. The van der Waals surface area contributed by atoms with Crippen LogP contribution < -0.4 is 10.5 Å². The van der Waals surface area contributed by atoms with Crippen LogP contribution in [0.15, 0.2) is 23.7 Å². The number of hydrogen-bond acceptors (Lipinski definition) is 7. The highest BCUT2D eigenvalue weighted by molar-refractivity contribution is 7.09. The summed E-state index contributed by atoms with van der Waals surface area (Å²) in [7, 11) is 0. The van der Waals surface area contributed by atoms with Gasteiger partial charge in [0.15, 0.2) is 0 Å². The fraction of sp³-hybridized carbons (Fsp3) is 0.500. The molecule has 1 fully saturated rings. The molecule has 2 aromatic rings. The topological polar surface area (TPSA) is 88.1 Å². The minimum absolute atomic E-state index is 0.149. The first-order chi connectivity index (χ1) is 13.1. The number of halogens is 2. The second kappa shape index (κ2) is 9.17. The van der Waals surface area contributed by atoms with Gasteiger partial charge in [-0.3, -0.25) is 4.90 Å². The van der Waals surface area contributed by atoms with Crippen LogP contribution in [0.3, 0.4) is 0 Å². The van der Waals surface area contributed by atoms with Crippen LogP contribution >= 0.6 is 11.3 Å². The Balaban J connectivity index is 1.54. The fourth-order valence-electron chi connectivity index (χ4n) is 3.29. The quantitative estimate of drug-likeness (QED) is 0.778. The van der Waals surface area contributed by atoms with Gasteiger partial charge in [0.05, 0.1) is 23.0 Å². The number of alkyl halides is 2. The third-order valence-corrected chi connectivity index (χ3v) is 5.70. The first-order valence-corrected chi connectivity index (χ1v) is 9.65. The molecule has 3 rings (SSSR count). The van der Waals surface area contributed by atoms with E-state index in [-0.39, 0.29) is 18.3 Å². The van der Waals surface area contributed by atoms with Gasteiger partial charge in [-0.1, -0.05) is 6.07 Å². The second-order valence-electron chi connectivity index (χ2n) is 6.42. The standard InChI is InChI=1S/C18H21F2N5OS/c19-18(20)16-17(27-11-23-16)14(9-22)25-6-4-12(5-7-25)10-26-15-3-1-2-13(8-21)24-15/h1-3,11-12,14,18H,4-7,9-10,22H2. The lowest BCUT2D eigenvalue weighted by Crippen LogP contribution is -2.41. The first-order valence-electron chi connectivity index (χ1n) is 8.77. The van der Waals surface area contributed by atoms with Crippen molar-refractivity contribution in [2.24, 2.45) is 11.7 Å². The van der Waals surface area contributed by atoms with Crippen molar-refractivity contribution in [3.8, 4) is 11.9 Å². The lowest BCUT2D eigenvalue weighted by atomic mass is 9.96. The molecule has 1 saturated heterocycles. The van der Waals surface area contributed by atoms with E-state index in [9.17, 15) is 8.78 Å². The molecule has 0 spiro atoms. The van der Waals surface area contributed by atoms with Gasteiger partial charge in [0.25, 0.3) is 6.43 Å². The number of rotatable bonds is 7. The average molecular weight is 393 g/mol. The molecule has 1 aliphatic heterocycles. The second-order valence-corrected chi connectivity index (χ2v) is 7.30. The van der Waals surface area contributed by atoms with E-state index in [0.29, 0.717) is 29.0 Å². The fourth-order valence-corrected chi connectivity index (χ4v) is 4.24. The Morgan fingerprint density at radius 1 is 1.37 bits per heavy atom. The minimum atomic E-state index is -2.58. The highest BCUT2D eigenvalue weighted by atomic mass is 32.1. The molecule has 144 valence electrons. The molecular formula is C18H21F2N5OS. The highest BCUT2D eigenvalue weighted by Crippen LogP contribution is 2.34. The number of aromatic nitrogens is 2. The number of hydrogen-bond donors (Lipinski definition) is 1. The lowest BCUT2D eigenvalue weighted by Gasteiger charge is -2.36. The Bertz CT molecular complexity index is 786. The molecule has 0 radical (unpaired) electrons. The van der Waals surface area contributed by atoms with Gasteiger partial charge in [0.1, 0.15) is 17.5 Å². The van der Waals surface area contributed by atoms with Crippen LogP contribution in [0.2, 0.25) is 0 Å². The van der Waals surface area contributed by atoms with Crippen LogP contribution in [-0.4, -0.2) is 41.1 Å². The van der Waals surface area contributed by atoms with Crippen molar-refractivity contribution in [2.75, 3.05) is 26.2 Å². The molecule has 0 bridgehead atoms. The van der Waals surface area contributed by atoms with Crippen molar-refractivity contribution in [2.45, 2.75) is 25.3 Å². The first kappa shape index (κ1) is 19.6. The van der Waals surface area contributed by atoms with Gasteiger partial charge >= 0.3 is 0 Å². The van der Waals surface area contributed by atoms with Crippen LogP contribution in [0.1, 0.15) is 41.6 Å². The van der Waals surface area contributed by atoms with Crippen LogP contribution in [0.4, 0.5) is 8.78 Å². The summed E-state index contributed by atoms with van der Waals surface area (Å²) in [5, 5.41) is 8.88.